The lowest BCUT2D eigenvalue weighted by Crippen LogP contribution is -2.31. The van der Waals surface area contributed by atoms with Crippen molar-refractivity contribution in [3.05, 3.63) is 45.8 Å². The zero-order chi connectivity index (χ0) is 23.0. The minimum atomic E-state index is -0.402. The van der Waals surface area contributed by atoms with Crippen molar-refractivity contribution in [2.75, 3.05) is 18.8 Å². The minimum Gasteiger partial charge on any atom is -0.464 e. The number of furan rings is 1. The van der Waals surface area contributed by atoms with E-state index in [4.69, 9.17) is 4.42 Å². The zero-order valence-electron chi connectivity index (χ0n) is 19.9. The molecule has 7 nitrogen and oxygen atoms in total. The van der Waals surface area contributed by atoms with Crippen LogP contribution in [-0.4, -0.2) is 29.8 Å². The normalized spacial score (nSPS) is 27.2. The molecule has 33 heavy (non-hydrogen) atoms. The molecular weight excluding hydrogens is 436 g/mol. The van der Waals surface area contributed by atoms with E-state index in [2.05, 4.69) is 35.0 Å². The van der Waals surface area contributed by atoms with E-state index in [0.29, 0.717) is 12.4 Å². The summed E-state index contributed by atoms with van der Waals surface area (Å²) in [4.78, 5) is 10.5. The Balaban J connectivity index is 1.06. The second-order valence-electron chi connectivity index (χ2n) is 9.91. The molecule has 0 amide bonds. The van der Waals surface area contributed by atoms with E-state index in [-0.39, 0.29) is 0 Å². The van der Waals surface area contributed by atoms with Gasteiger partial charge < -0.3 is 20.4 Å². The van der Waals surface area contributed by atoms with Gasteiger partial charge in [-0.15, -0.1) is 0 Å². The lowest BCUT2D eigenvalue weighted by Gasteiger charge is -2.15. The Kier molecular flexibility index (Phi) is 9.01. The summed E-state index contributed by atoms with van der Waals surface area (Å²) in [6.07, 6.45) is 11.2. The highest BCUT2D eigenvalue weighted by Gasteiger charge is 2.68. The zero-order valence-corrected chi connectivity index (χ0v) is 20.7. The van der Waals surface area contributed by atoms with Crippen LogP contribution in [0.15, 0.2) is 28.6 Å². The number of hydrogen-bond acceptors (Lipinski definition) is 7. The predicted molar refractivity (Wildman–Crippen MR) is 133 cm³/mol. The van der Waals surface area contributed by atoms with Gasteiger partial charge in [-0.3, -0.25) is 10.1 Å². The second kappa shape index (κ2) is 12.2. The first-order valence-corrected chi connectivity index (χ1v) is 14.0. The van der Waals surface area contributed by atoms with E-state index in [1.54, 1.807) is 11.8 Å². The van der Waals surface area contributed by atoms with Crippen molar-refractivity contribution in [3.63, 3.8) is 0 Å². The third kappa shape index (κ3) is 6.92. The van der Waals surface area contributed by atoms with Crippen LogP contribution in [0.1, 0.15) is 69.8 Å². The first kappa shape index (κ1) is 24.5. The van der Waals surface area contributed by atoms with E-state index >= 15 is 0 Å². The molecule has 3 atom stereocenters. The number of nitro groups is 1. The largest absolute Gasteiger partial charge is 0.464 e. The van der Waals surface area contributed by atoms with Crippen molar-refractivity contribution < 1.29 is 9.34 Å². The predicted octanol–water partition coefficient (Wildman–Crippen LogP) is 4.87. The highest BCUT2D eigenvalue weighted by atomic mass is 32.2. The SMILES string of the molecule is CCCCCCCCN/C(=C\[N+](=O)[O-])NCCSCc1ccc(CNC2C3CC4C(C3)C42)o1. The Morgan fingerprint density at radius 3 is 2.58 bits per heavy atom. The second-order valence-corrected chi connectivity index (χ2v) is 11.0. The quantitative estimate of drug-likeness (QED) is 0.158. The van der Waals surface area contributed by atoms with E-state index < -0.39 is 4.92 Å². The Morgan fingerprint density at radius 2 is 1.85 bits per heavy atom. The van der Waals surface area contributed by atoms with E-state index in [9.17, 15) is 10.1 Å². The smallest absolute Gasteiger partial charge is 0.274 e. The van der Waals surface area contributed by atoms with E-state index in [0.717, 1.165) is 84.9 Å². The molecule has 3 N–H and O–H groups in total. The Labute approximate surface area is 202 Å². The molecule has 8 heteroatoms. The summed E-state index contributed by atoms with van der Waals surface area (Å²) in [5.41, 5.74) is 0. The summed E-state index contributed by atoms with van der Waals surface area (Å²) >= 11 is 1.78. The molecule has 0 aliphatic heterocycles. The fourth-order valence-corrected chi connectivity index (χ4v) is 6.76. The van der Waals surface area contributed by atoms with Gasteiger partial charge in [0.1, 0.15) is 11.5 Å². The topological polar surface area (TPSA) is 92.4 Å². The van der Waals surface area contributed by atoms with Gasteiger partial charge in [0.05, 0.1) is 17.2 Å². The average molecular weight is 477 g/mol. The van der Waals surface area contributed by atoms with E-state index in [1.807, 2.05) is 0 Å². The maximum Gasteiger partial charge on any atom is 0.274 e. The molecule has 4 aliphatic carbocycles. The number of rotatable bonds is 18. The fourth-order valence-electron chi connectivity index (χ4n) is 6.01. The number of nitrogens with one attached hydrogen (secondary N) is 3. The van der Waals surface area contributed by atoms with Crippen LogP contribution in [0.25, 0.3) is 0 Å². The third-order valence-electron chi connectivity index (χ3n) is 7.59. The van der Waals surface area contributed by atoms with Gasteiger partial charge in [0.2, 0.25) is 0 Å². The summed E-state index contributed by atoms with van der Waals surface area (Å²) in [7, 11) is 0. The molecule has 4 aliphatic rings. The van der Waals surface area contributed by atoms with Gasteiger partial charge in [0, 0.05) is 24.9 Å². The van der Waals surface area contributed by atoms with Crippen LogP contribution in [0.3, 0.4) is 0 Å². The van der Waals surface area contributed by atoms with Gasteiger partial charge in [-0.2, -0.15) is 11.8 Å². The molecule has 0 spiro atoms. The summed E-state index contributed by atoms with van der Waals surface area (Å²) in [6.45, 7) is 4.49. The van der Waals surface area contributed by atoms with Crippen molar-refractivity contribution >= 4 is 11.8 Å². The molecule has 184 valence electrons. The maximum absolute atomic E-state index is 10.9. The highest BCUT2D eigenvalue weighted by Crippen LogP contribution is 2.70. The Bertz CT molecular complexity index is 784. The molecule has 0 saturated heterocycles. The van der Waals surface area contributed by atoms with Crippen LogP contribution in [0.2, 0.25) is 0 Å². The van der Waals surface area contributed by atoms with Gasteiger partial charge in [-0.25, -0.2) is 0 Å². The van der Waals surface area contributed by atoms with Gasteiger partial charge in [0.25, 0.3) is 6.20 Å². The first-order chi connectivity index (χ1) is 16.2. The molecule has 0 radical (unpaired) electrons. The Hall–Kier alpha value is -1.67. The maximum atomic E-state index is 10.9. The number of unbranched alkanes of at least 4 members (excludes halogenated alkanes) is 5. The van der Waals surface area contributed by atoms with Crippen molar-refractivity contribution in [1.29, 1.82) is 0 Å². The van der Waals surface area contributed by atoms with Gasteiger partial charge in [0.15, 0.2) is 5.82 Å². The molecule has 1 aromatic heterocycles. The summed E-state index contributed by atoms with van der Waals surface area (Å²) in [6, 6.07) is 4.89. The lowest BCUT2D eigenvalue weighted by atomic mass is 10.1. The monoisotopic (exact) mass is 476 g/mol. The first-order valence-electron chi connectivity index (χ1n) is 12.9. The molecular formula is C25H40N4O3S. The van der Waals surface area contributed by atoms with E-state index in [1.165, 1.54) is 38.5 Å². The van der Waals surface area contributed by atoms with Crippen molar-refractivity contribution in [3.8, 4) is 0 Å². The van der Waals surface area contributed by atoms with Crippen LogP contribution >= 0.6 is 11.8 Å². The molecule has 0 aromatic carbocycles. The van der Waals surface area contributed by atoms with Gasteiger partial charge in [-0.05, 0) is 55.1 Å². The van der Waals surface area contributed by atoms with Crippen molar-refractivity contribution in [1.82, 2.24) is 16.0 Å². The molecule has 5 rings (SSSR count). The molecule has 1 heterocycles. The number of nitrogens with zero attached hydrogens (tertiary/aromatic N) is 1. The molecule has 3 unspecified atom stereocenters. The molecule has 4 saturated carbocycles. The standard InChI is InChI=1S/C25H40N4O3S/c1-2-3-4-5-6-7-10-26-23(16-29(30)31)27-11-12-33-17-20-9-8-19(32-20)15-28-25-18-13-21-22(14-18)24(21)25/h8-9,16,18,21-22,24-28H,2-7,10-15,17H2,1H3/b23-16+. The number of thioether (sulfide) groups is 1. The van der Waals surface area contributed by atoms with Crippen molar-refractivity contribution in [2.45, 2.75) is 76.6 Å². The minimum absolute atomic E-state index is 0.402. The van der Waals surface area contributed by atoms with Gasteiger partial charge >= 0.3 is 0 Å². The van der Waals surface area contributed by atoms with Crippen LogP contribution < -0.4 is 16.0 Å². The Morgan fingerprint density at radius 1 is 1.12 bits per heavy atom. The van der Waals surface area contributed by atoms with Crippen LogP contribution in [0, 0.1) is 33.8 Å². The molecule has 4 bridgehead atoms. The van der Waals surface area contributed by atoms with Crippen LogP contribution in [-0.2, 0) is 12.3 Å². The van der Waals surface area contributed by atoms with Crippen molar-refractivity contribution in [2.24, 2.45) is 23.7 Å². The summed E-state index contributed by atoms with van der Waals surface area (Å²) in [5, 5.41) is 21.0. The van der Waals surface area contributed by atoms with Crippen LogP contribution in [0.4, 0.5) is 0 Å². The number of hydrogen-bond donors (Lipinski definition) is 3. The van der Waals surface area contributed by atoms with Gasteiger partial charge in [-0.1, -0.05) is 39.0 Å². The highest BCUT2D eigenvalue weighted by molar-refractivity contribution is 7.98. The molecule has 4 fully saturated rings. The fraction of sp³-hybridized carbons (Fsp3) is 0.760. The lowest BCUT2D eigenvalue weighted by molar-refractivity contribution is -0.404. The third-order valence-corrected chi connectivity index (χ3v) is 8.57. The summed E-state index contributed by atoms with van der Waals surface area (Å²) in [5.74, 6) is 8.16. The summed E-state index contributed by atoms with van der Waals surface area (Å²) < 4.78 is 6.01. The van der Waals surface area contributed by atoms with Crippen LogP contribution in [0.5, 0.6) is 0 Å². The average Bonchev–Trinajstić information content (AvgIpc) is 3.29. The molecule has 1 aromatic rings.